The zero-order chi connectivity index (χ0) is 11.5. The first-order valence-electron chi connectivity index (χ1n) is 4.66. The van der Waals surface area contributed by atoms with Gasteiger partial charge in [0, 0.05) is 11.1 Å². The largest absolute Gasteiger partial charge is 0.508 e. The molecule has 16 heavy (non-hydrogen) atoms. The Kier molecular flexibility index (Phi) is 2.87. The van der Waals surface area contributed by atoms with Crippen molar-refractivity contribution in [2.24, 2.45) is 0 Å². The Labute approximate surface area is 96.6 Å². The SMILES string of the molecule is Cc1cc(O)ccc1NC(=O)c1cscn1. The summed E-state index contributed by atoms with van der Waals surface area (Å²) in [6, 6.07) is 4.79. The van der Waals surface area contributed by atoms with Crippen molar-refractivity contribution in [3.8, 4) is 5.75 Å². The Morgan fingerprint density at radius 2 is 2.31 bits per heavy atom. The van der Waals surface area contributed by atoms with Crippen molar-refractivity contribution in [2.75, 3.05) is 5.32 Å². The highest BCUT2D eigenvalue weighted by atomic mass is 32.1. The zero-order valence-electron chi connectivity index (χ0n) is 8.60. The number of benzene rings is 1. The van der Waals surface area contributed by atoms with E-state index in [9.17, 15) is 9.90 Å². The maximum Gasteiger partial charge on any atom is 0.275 e. The molecule has 0 saturated carbocycles. The minimum absolute atomic E-state index is 0.184. The molecular weight excluding hydrogens is 224 g/mol. The van der Waals surface area contributed by atoms with Gasteiger partial charge in [-0.25, -0.2) is 4.98 Å². The van der Waals surface area contributed by atoms with Gasteiger partial charge in [-0.1, -0.05) is 0 Å². The van der Waals surface area contributed by atoms with Gasteiger partial charge in [0.2, 0.25) is 0 Å². The second-order valence-corrected chi connectivity index (χ2v) is 4.05. The number of thiazole rings is 1. The van der Waals surface area contributed by atoms with Gasteiger partial charge in [0.15, 0.2) is 0 Å². The monoisotopic (exact) mass is 234 g/mol. The number of hydrogen-bond acceptors (Lipinski definition) is 4. The number of nitrogens with one attached hydrogen (secondary N) is 1. The van der Waals surface area contributed by atoms with Crippen molar-refractivity contribution < 1.29 is 9.90 Å². The van der Waals surface area contributed by atoms with E-state index in [-0.39, 0.29) is 11.7 Å². The van der Waals surface area contributed by atoms with Crippen molar-refractivity contribution >= 4 is 22.9 Å². The van der Waals surface area contributed by atoms with E-state index in [0.717, 1.165) is 5.56 Å². The third-order valence-electron chi connectivity index (χ3n) is 2.12. The van der Waals surface area contributed by atoms with Crippen molar-refractivity contribution in [1.82, 2.24) is 4.98 Å². The molecule has 82 valence electrons. The van der Waals surface area contributed by atoms with E-state index in [1.807, 2.05) is 6.92 Å². The van der Waals surface area contributed by atoms with Crippen LogP contribution in [0.3, 0.4) is 0 Å². The molecule has 0 fully saturated rings. The van der Waals surface area contributed by atoms with Crippen LogP contribution < -0.4 is 5.32 Å². The molecule has 0 aliphatic rings. The van der Waals surface area contributed by atoms with E-state index in [0.29, 0.717) is 11.4 Å². The van der Waals surface area contributed by atoms with Gasteiger partial charge in [0.1, 0.15) is 11.4 Å². The van der Waals surface area contributed by atoms with Crippen molar-refractivity contribution in [3.63, 3.8) is 0 Å². The molecule has 2 N–H and O–H groups in total. The number of carbonyl (C=O) groups excluding carboxylic acids is 1. The summed E-state index contributed by atoms with van der Waals surface area (Å²) in [5.41, 5.74) is 3.50. The highest BCUT2D eigenvalue weighted by Crippen LogP contribution is 2.20. The second kappa shape index (κ2) is 4.32. The molecule has 1 aromatic heterocycles. The molecule has 1 heterocycles. The number of phenolic OH excluding ortho intramolecular Hbond substituents is 1. The average molecular weight is 234 g/mol. The van der Waals surface area contributed by atoms with Crippen LogP contribution in [0.5, 0.6) is 5.75 Å². The van der Waals surface area contributed by atoms with Gasteiger partial charge in [0.05, 0.1) is 5.51 Å². The number of aryl methyl sites for hydroxylation is 1. The number of carbonyl (C=O) groups is 1. The van der Waals surface area contributed by atoms with Gasteiger partial charge in [-0.2, -0.15) is 0 Å². The van der Waals surface area contributed by atoms with Crippen molar-refractivity contribution in [3.05, 3.63) is 40.3 Å². The fourth-order valence-electron chi connectivity index (χ4n) is 1.30. The molecule has 0 radical (unpaired) electrons. The molecule has 0 saturated heterocycles. The highest BCUT2D eigenvalue weighted by Gasteiger charge is 2.09. The summed E-state index contributed by atoms with van der Waals surface area (Å²) in [4.78, 5) is 15.6. The summed E-state index contributed by atoms with van der Waals surface area (Å²) >= 11 is 1.37. The van der Waals surface area contributed by atoms with Crippen LogP contribution in [0.25, 0.3) is 0 Å². The molecule has 0 spiro atoms. The standard InChI is InChI=1S/C11H10N2O2S/c1-7-4-8(14)2-3-9(7)13-11(15)10-5-16-6-12-10/h2-6,14H,1H3,(H,13,15). The molecular formula is C11H10N2O2S. The molecule has 2 rings (SSSR count). The molecule has 4 nitrogen and oxygen atoms in total. The maximum absolute atomic E-state index is 11.7. The van der Waals surface area contributed by atoms with Gasteiger partial charge in [-0.05, 0) is 30.7 Å². The Balaban J connectivity index is 2.18. The summed E-state index contributed by atoms with van der Waals surface area (Å²) < 4.78 is 0. The summed E-state index contributed by atoms with van der Waals surface area (Å²) in [6.07, 6.45) is 0. The quantitative estimate of drug-likeness (QED) is 0.784. The van der Waals surface area contributed by atoms with Gasteiger partial charge in [-0.15, -0.1) is 11.3 Å². The molecule has 0 aliphatic carbocycles. The molecule has 1 aromatic carbocycles. The number of rotatable bonds is 2. The Morgan fingerprint density at radius 1 is 1.50 bits per heavy atom. The lowest BCUT2D eigenvalue weighted by Crippen LogP contribution is -2.12. The van der Waals surface area contributed by atoms with Crippen LogP contribution in [0.4, 0.5) is 5.69 Å². The van der Waals surface area contributed by atoms with E-state index in [4.69, 9.17) is 0 Å². The van der Waals surface area contributed by atoms with E-state index in [2.05, 4.69) is 10.3 Å². The van der Waals surface area contributed by atoms with Crippen LogP contribution in [-0.2, 0) is 0 Å². The molecule has 0 unspecified atom stereocenters. The molecule has 0 atom stereocenters. The first-order chi connectivity index (χ1) is 7.66. The maximum atomic E-state index is 11.7. The van der Waals surface area contributed by atoms with E-state index in [1.165, 1.54) is 17.4 Å². The lowest BCUT2D eigenvalue weighted by molar-refractivity contribution is 0.102. The van der Waals surface area contributed by atoms with E-state index >= 15 is 0 Å². The fraction of sp³-hybridized carbons (Fsp3) is 0.0909. The van der Waals surface area contributed by atoms with Gasteiger partial charge in [0.25, 0.3) is 5.91 Å². The Hall–Kier alpha value is -1.88. The average Bonchev–Trinajstić information content (AvgIpc) is 2.75. The number of phenols is 1. The molecule has 2 aromatic rings. The lowest BCUT2D eigenvalue weighted by Gasteiger charge is -2.07. The van der Waals surface area contributed by atoms with Gasteiger partial charge >= 0.3 is 0 Å². The smallest absolute Gasteiger partial charge is 0.275 e. The van der Waals surface area contributed by atoms with Crippen LogP contribution in [0.1, 0.15) is 16.1 Å². The zero-order valence-corrected chi connectivity index (χ0v) is 9.41. The van der Waals surface area contributed by atoms with Crippen LogP contribution in [-0.4, -0.2) is 16.0 Å². The van der Waals surface area contributed by atoms with Gasteiger partial charge in [-0.3, -0.25) is 4.79 Å². The minimum atomic E-state index is -0.241. The normalized spacial score (nSPS) is 10.1. The molecule has 0 bridgehead atoms. The van der Waals surface area contributed by atoms with E-state index in [1.54, 1.807) is 23.0 Å². The first kappa shape index (κ1) is 10.6. The first-order valence-corrected chi connectivity index (χ1v) is 5.60. The number of hydrogen-bond donors (Lipinski definition) is 2. The fourth-order valence-corrected chi connectivity index (χ4v) is 1.83. The van der Waals surface area contributed by atoms with E-state index < -0.39 is 0 Å². The van der Waals surface area contributed by atoms with Crippen LogP contribution in [0.2, 0.25) is 0 Å². The van der Waals surface area contributed by atoms with Crippen LogP contribution in [0, 0.1) is 6.92 Å². The lowest BCUT2D eigenvalue weighted by atomic mass is 10.2. The van der Waals surface area contributed by atoms with Crippen molar-refractivity contribution in [2.45, 2.75) is 6.92 Å². The number of nitrogens with zero attached hydrogens (tertiary/aromatic N) is 1. The number of anilines is 1. The Bertz CT molecular complexity index is 509. The second-order valence-electron chi connectivity index (χ2n) is 3.33. The van der Waals surface area contributed by atoms with Gasteiger partial charge < -0.3 is 10.4 Å². The number of aromatic hydroxyl groups is 1. The summed E-state index contributed by atoms with van der Waals surface area (Å²) in [5.74, 6) is -0.0563. The predicted octanol–water partition coefficient (Wildman–Crippen LogP) is 2.41. The summed E-state index contributed by atoms with van der Waals surface area (Å²) in [7, 11) is 0. The molecule has 1 amide bonds. The minimum Gasteiger partial charge on any atom is -0.508 e. The van der Waals surface area contributed by atoms with Crippen LogP contribution >= 0.6 is 11.3 Å². The summed E-state index contributed by atoms with van der Waals surface area (Å²) in [6.45, 7) is 1.82. The Morgan fingerprint density at radius 3 is 2.94 bits per heavy atom. The molecule has 5 heteroatoms. The molecule has 0 aliphatic heterocycles. The third-order valence-corrected chi connectivity index (χ3v) is 2.71. The third kappa shape index (κ3) is 2.20. The topological polar surface area (TPSA) is 62.2 Å². The number of amides is 1. The van der Waals surface area contributed by atoms with Crippen molar-refractivity contribution in [1.29, 1.82) is 0 Å². The summed E-state index contributed by atoms with van der Waals surface area (Å²) in [5, 5.41) is 13.7. The number of aromatic nitrogens is 1. The van der Waals surface area contributed by atoms with Crippen LogP contribution in [0.15, 0.2) is 29.1 Å². The predicted molar refractivity (Wildman–Crippen MR) is 62.9 cm³/mol. The highest BCUT2D eigenvalue weighted by molar-refractivity contribution is 7.07.